The van der Waals surface area contributed by atoms with Gasteiger partial charge in [-0.25, -0.2) is 4.57 Å². The van der Waals surface area contributed by atoms with E-state index in [1.807, 2.05) is 33.3 Å². The summed E-state index contributed by atoms with van der Waals surface area (Å²) in [5.41, 5.74) is 0. The highest BCUT2D eigenvalue weighted by Gasteiger charge is 2.30. The van der Waals surface area contributed by atoms with E-state index in [1.54, 1.807) is 0 Å². The number of ether oxygens (including phenoxy) is 1. The minimum atomic E-state index is -4.45. The van der Waals surface area contributed by atoms with Crippen LogP contribution < -0.4 is 5.32 Å². The number of hydrogen-bond donors (Lipinski definition) is 2. The van der Waals surface area contributed by atoms with Crippen LogP contribution in [0.4, 0.5) is 0 Å². The lowest BCUT2D eigenvalue weighted by Gasteiger charge is -2.27. The summed E-state index contributed by atoms with van der Waals surface area (Å²) in [7, 11) is 1.50. The van der Waals surface area contributed by atoms with Gasteiger partial charge in [-0.3, -0.25) is 18.6 Å². The van der Waals surface area contributed by atoms with Crippen molar-refractivity contribution in [1.82, 2.24) is 5.32 Å². The van der Waals surface area contributed by atoms with Crippen molar-refractivity contribution in [1.29, 1.82) is 0 Å². The Hall–Kier alpha value is -2.03. The first-order chi connectivity index (χ1) is 36.4. The molecule has 0 fully saturated rings. The number of likely N-dealkylation sites (N-methyl/N-ethyl adjacent to an activating group) is 1. The molecule has 3 unspecified atom stereocenters. The lowest BCUT2D eigenvalue weighted by Crippen LogP contribution is -2.47. The summed E-state index contributed by atoms with van der Waals surface area (Å²) in [5.74, 6) is -0.498. The first-order valence-corrected chi connectivity index (χ1v) is 33.5. The minimum Gasteiger partial charge on any atom is -0.456 e. The molecule has 0 saturated carbocycles. The molecule has 0 aromatic carbocycles. The molecule has 440 valence electrons. The van der Waals surface area contributed by atoms with Crippen molar-refractivity contribution in [3.05, 3.63) is 48.6 Å². The zero-order chi connectivity index (χ0) is 55.0. The molecule has 0 aliphatic rings. The number of nitrogens with zero attached hydrogens (tertiary/aromatic N) is 1. The number of quaternary nitrogens is 1. The Kier molecular flexibility index (Phi) is 53.8. The first kappa shape index (κ1) is 73.0. The summed E-state index contributed by atoms with van der Waals surface area (Å²) in [5, 5.41) is 3.06. The number of carbonyl (C=O) groups excluding carboxylic acids is 2. The van der Waals surface area contributed by atoms with Crippen LogP contribution >= 0.6 is 7.82 Å². The van der Waals surface area contributed by atoms with Crippen LogP contribution in [0.25, 0.3) is 0 Å². The van der Waals surface area contributed by atoms with Crippen molar-refractivity contribution in [3.8, 4) is 0 Å². The van der Waals surface area contributed by atoms with Gasteiger partial charge < -0.3 is 19.4 Å². The maximum absolute atomic E-state index is 13.5. The van der Waals surface area contributed by atoms with Gasteiger partial charge in [0.25, 0.3) is 0 Å². The largest absolute Gasteiger partial charge is 0.472 e. The van der Waals surface area contributed by atoms with E-state index in [-0.39, 0.29) is 31.5 Å². The van der Waals surface area contributed by atoms with Crippen LogP contribution in [-0.2, 0) is 27.9 Å². The Morgan fingerprint density at radius 1 is 0.467 bits per heavy atom. The fourth-order valence-electron chi connectivity index (χ4n) is 9.30. The molecule has 10 heteroatoms. The number of nitrogens with one attached hydrogen (secondary N) is 1. The highest BCUT2D eigenvalue weighted by molar-refractivity contribution is 7.47. The first-order valence-electron chi connectivity index (χ1n) is 32.0. The molecule has 0 aliphatic heterocycles. The molecule has 0 aromatic heterocycles. The second kappa shape index (κ2) is 55.3. The molecule has 1 amide bonds. The van der Waals surface area contributed by atoms with E-state index in [9.17, 15) is 19.0 Å². The number of phosphoric acid groups is 1. The summed E-state index contributed by atoms with van der Waals surface area (Å²) >= 11 is 0. The van der Waals surface area contributed by atoms with Crippen LogP contribution in [-0.4, -0.2) is 74.3 Å². The van der Waals surface area contributed by atoms with Crippen molar-refractivity contribution in [2.24, 2.45) is 0 Å². The van der Waals surface area contributed by atoms with Gasteiger partial charge in [0, 0.05) is 12.8 Å². The summed E-state index contributed by atoms with van der Waals surface area (Å²) in [6, 6.07) is -0.846. The van der Waals surface area contributed by atoms with E-state index in [1.165, 1.54) is 199 Å². The van der Waals surface area contributed by atoms with Gasteiger partial charge in [0.1, 0.15) is 19.3 Å². The average molecular weight is 1080 g/mol. The van der Waals surface area contributed by atoms with Gasteiger partial charge in [-0.05, 0) is 70.3 Å². The molecule has 0 rings (SSSR count). The topological polar surface area (TPSA) is 111 Å². The Bertz CT molecular complexity index is 1420. The number of carbonyl (C=O) groups is 2. The normalized spacial score (nSPS) is 14.0. The second-order valence-electron chi connectivity index (χ2n) is 22.9. The molecular formula is C65H124N2O7P+. The Morgan fingerprint density at radius 2 is 0.813 bits per heavy atom. The molecule has 0 aromatic rings. The average Bonchev–Trinajstić information content (AvgIpc) is 3.37. The number of esters is 1. The zero-order valence-corrected chi connectivity index (χ0v) is 51.2. The number of hydrogen-bond acceptors (Lipinski definition) is 6. The molecule has 75 heavy (non-hydrogen) atoms. The molecular weight excluding hydrogens is 952 g/mol. The van der Waals surface area contributed by atoms with Crippen molar-refractivity contribution >= 4 is 19.7 Å². The van der Waals surface area contributed by atoms with Crippen LogP contribution in [0.3, 0.4) is 0 Å². The molecule has 0 spiro atoms. The number of rotatable bonds is 58. The van der Waals surface area contributed by atoms with E-state index in [2.05, 4.69) is 62.5 Å². The molecule has 3 atom stereocenters. The van der Waals surface area contributed by atoms with Gasteiger partial charge in [0.05, 0.1) is 33.8 Å². The molecule has 9 nitrogen and oxygen atoms in total. The van der Waals surface area contributed by atoms with E-state index >= 15 is 0 Å². The van der Waals surface area contributed by atoms with Gasteiger partial charge in [-0.1, -0.05) is 269 Å². The maximum atomic E-state index is 13.5. The van der Waals surface area contributed by atoms with Crippen LogP contribution in [0.15, 0.2) is 48.6 Å². The van der Waals surface area contributed by atoms with Gasteiger partial charge in [-0.15, -0.1) is 0 Å². The third kappa shape index (κ3) is 56.5. The molecule has 0 bridgehead atoms. The fourth-order valence-corrected chi connectivity index (χ4v) is 10.0. The second-order valence-corrected chi connectivity index (χ2v) is 24.4. The number of phosphoric ester groups is 1. The van der Waals surface area contributed by atoms with Gasteiger partial charge in [0.2, 0.25) is 5.91 Å². The van der Waals surface area contributed by atoms with Crippen molar-refractivity contribution in [2.45, 2.75) is 315 Å². The van der Waals surface area contributed by atoms with Gasteiger partial charge >= 0.3 is 13.8 Å². The zero-order valence-electron chi connectivity index (χ0n) is 50.3. The molecule has 0 aliphatic carbocycles. The fraction of sp³-hybridized carbons (Fsp3) is 0.846. The smallest absolute Gasteiger partial charge is 0.456 e. The monoisotopic (exact) mass is 1080 g/mol. The summed E-state index contributed by atoms with van der Waals surface area (Å²) < 4.78 is 30.7. The molecule has 0 heterocycles. The lowest BCUT2D eigenvalue weighted by molar-refractivity contribution is -0.870. The lowest BCUT2D eigenvalue weighted by atomic mass is 10.0. The minimum absolute atomic E-state index is 0.0411. The van der Waals surface area contributed by atoms with Crippen molar-refractivity contribution < 1.29 is 37.3 Å². The van der Waals surface area contributed by atoms with Gasteiger partial charge in [-0.2, -0.15) is 0 Å². The van der Waals surface area contributed by atoms with E-state index in [0.717, 1.165) is 70.6 Å². The molecule has 0 radical (unpaired) electrons. The van der Waals surface area contributed by atoms with Crippen molar-refractivity contribution in [3.63, 3.8) is 0 Å². The predicted octanol–water partition coefficient (Wildman–Crippen LogP) is 19.7. The summed E-state index contributed by atoms with van der Waals surface area (Å²) in [6.07, 6.45) is 68.2. The number of allylic oxidation sites excluding steroid dienone is 7. The third-order valence-electron chi connectivity index (χ3n) is 14.3. The molecule has 2 N–H and O–H groups in total. The van der Waals surface area contributed by atoms with Crippen LogP contribution in [0.1, 0.15) is 303 Å². The molecule has 0 saturated heterocycles. The van der Waals surface area contributed by atoms with Crippen LogP contribution in [0, 0.1) is 0 Å². The number of unbranched alkanes of at least 4 members (excludes halogenated alkanes) is 36. The SMILES string of the molecule is CCCCC/C=C\C/C=C\C/C=C\CCCCCCCCCCCCC(=O)OC(/C=C/CCCCCCCCCCCC)C(COP(=O)(O)OCC[N+](C)(C)C)NC(=O)CCCCCCCCCCCCCCCC. The van der Waals surface area contributed by atoms with Crippen LogP contribution in [0.5, 0.6) is 0 Å². The van der Waals surface area contributed by atoms with E-state index in [0.29, 0.717) is 17.4 Å². The number of amides is 1. The quantitative estimate of drug-likeness (QED) is 0.0205. The highest BCUT2D eigenvalue weighted by atomic mass is 31.2. The third-order valence-corrected chi connectivity index (χ3v) is 15.3. The Balaban J connectivity index is 5.16. The van der Waals surface area contributed by atoms with Gasteiger partial charge in [0.15, 0.2) is 0 Å². The highest BCUT2D eigenvalue weighted by Crippen LogP contribution is 2.43. The Morgan fingerprint density at radius 3 is 1.24 bits per heavy atom. The summed E-state index contributed by atoms with van der Waals surface area (Å²) in [6.45, 7) is 7.01. The van der Waals surface area contributed by atoms with Crippen molar-refractivity contribution in [2.75, 3.05) is 40.9 Å². The van der Waals surface area contributed by atoms with E-state index in [4.69, 9.17) is 13.8 Å². The summed E-state index contributed by atoms with van der Waals surface area (Å²) in [4.78, 5) is 37.7. The Labute approximate surface area is 465 Å². The van der Waals surface area contributed by atoms with E-state index < -0.39 is 20.0 Å². The van der Waals surface area contributed by atoms with Crippen LogP contribution in [0.2, 0.25) is 0 Å². The maximum Gasteiger partial charge on any atom is 0.472 e. The predicted molar refractivity (Wildman–Crippen MR) is 323 cm³/mol. The standard InChI is InChI=1S/C65H123N2O7P/c1-7-10-13-16-19-22-25-28-30-31-32-33-34-35-36-37-38-40-43-46-49-52-55-58-65(69)74-63(56-53-50-47-44-41-27-24-21-18-15-12-9-3)62(61-73-75(70,71)72-60-59-67(4,5)6)66-64(68)57-54-51-48-45-42-39-29-26-23-20-17-14-11-8-2/h19,22,28,30,32-33,53,56,62-63H,7-18,20-21,23-27,29,31,34-52,54-55,57-61H2,1-6H3,(H-,66,68,70,71)/p+1/b22-19-,30-28-,33-32-,56-53+.